The zero-order chi connectivity index (χ0) is 11.7. The Labute approximate surface area is 95.7 Å². The molecule has 2 nitrogen and oxygen atoms in total. The van der Waals surface area contributed by atoms with Gasteiger partial charge in [-0.1, -0.05) is 39.8 Å². The van der Waals surface area contributed by atoms with Crippen molar-refractivity contribution in [3.63, 3.8) is 0 Å². The Bertz CT molecular complexity index is 164. The first-order chi connectivity index (χ1) is 7.18. The molecule has 0 amide bonds. The second kappa shape index (κ2) is 8.93. The van der Waals surface area contributed by atoms with Gasteiger partial charge in [0.15, 0.2) is 0 Å². The van der Waals surface area contributed by atoms with Gasteiger partial charge in [0.2, 0.25) is 0 Å². The number of rotatable bonds is 3. The van der Waals surface area contributed by atoms with Crippen molar-refractivity contribution < 1.29 is 0 Å². The van der Waals surface area contributed by atoms with Crippen LogP contribution in [0.5, 0.6) is 0 Å². The quantitative estimate of drug-likeness (QED) is 0.723. The summed E-state index contributed by atoms with van der Waals surface area (Å²) in [6.45, 7) is 15.3. The van der Waals surface area contributed by atoms with Gasteiger partial charge in [0.25, 0.3) is 0 Å². The summed E-state index contributed by atoms with van der Waals surface area (Å²) in [6, 6.07) is 0.654. The van der Waals surface area contributed by atoms with Crippen LogP contribution < -0.4 is 5.32 Å². The molecule has 90 valence electrons. The van der Waals surface area contributed by atoms with Crippen molar-refractivity contribution in [3.05, 3.63) is 12.2 Å². The first-order valence-electron chi connectivity index (χ1n) is 6.31. The van der Waals surface area contributed by atoms with Crippen LogP contribution >= 0.6 is 0 Å². The second-order valence-corrected chi connectivity index (χ2v) is 4.29. The normalized spacial score (nSPS) is 22.9. The molecule has 1 aliphatic heterocycles. The van der Waals surface area contributed by atoms with Crippen molar-refractivity contribution in [2.24, 2.45) is 5.92 Å². The lowest BCUT2D eigenvalue weighted by Crippen LogP contribution is -2.49. The summed E-state index contributed by atoms with van der Waals surface area (Å²) in [6.07, 6.45) is 4.58. The van der Waals surface area contributed by atoms with Gasteiger partial charge in [-0.3, -0.25) is 4.90 Å². The van der Waals surface area contributed by atoms with E-state index in [4.69, 9.17) is 0 Å². The van der Waals surface area contributed by atoms with Crippen molar-refractivity contribution in [2.45, 2.75) is 40.7 Å². The van der Waals surface area contributed by atoms with E-state index in [9.17, 15) is 0 Å². The van der Waals surface area contributed by atoms with Gasteiger partial charge in [0, 0.05) is 32.2 Å². The molecule has 0 unspecified atom stereocenters. The second-order valence-electron chi connectivity index (χ2n) is 4.29. The maximum Gasteiger partial charge on any atom is 0.0167 e. The largest absolute Gasteiger partial charge is 0.312 e. The third-order valence-electron chi connectivity index (χ3n) is 2.34. The van der Waals surface area contributed by atoms with Crippen molar-refractivity contribution in [3.8, 4) is 0 Å². The number of nitrogens with zero attached hydrogens (tertiary/aromatic N) is 1. The monoisotopic (exact) mass is 212 g/mol. The number of nitrogens with one attached hydrogen (secondary N) is 1. The van der Waals surface area contributed by atoms with Crippen LogP contribution in [0.25, 0.3) is 0 Å². The Morgan fingerprint density at radius 3 is 2.60 bits per heavy atom. The molecule has 15 heavy (non-hydrogen) atoms. The predicted octanol–water partition coefficient (Wildman–Crippen LogP) is 2.52. The zero-order valence-corrected chi connectivity index (χ0v) is 11.1. The molecule has 1 heterocycles. The van der Waals surface area contributed by atoms with E-state index in [1.165, 1.54) is 13.1 Å². The molecule has 0 radical (unpaired) electrons. The lowest BCUT2D eigenvalue weighted by Gasteiger charge is -2.30. The Hall–Kier alpha value is -0.340. The molecular formula is C13H28N2. The van der Waals surface area contributed by atoms with E-state index in [-0.39, 0.29) is 0 Å². The maximum absolute atomic E-state index is 3.45. The molecule has 1 N–H and O–H groups in total. The summed E-state index contributed by atoms with van der Waals surface area (Å²) >= 11 is 0. The number of hydrogen-bond acceptors (Lipinski definition) is 2. The fraction of sp³-hybridized carbons (Fsp3) is 0.846. The van der Waals surface area contributed by atoms with Gasteiger partial charge in [-0.2, -0.15) is 0 Å². The first-order valence-corrected chi connectivity index (χ1v) is 6.31. The minimum Gasteiger partial charge on any atom is -0.312 e. The third-order valence-corrected chi connectivity index (χ3v) is 2.34. The standard InChI is InChI=1S/C11H22N2.C2H6/c1-10(2)5-4-7-13-8-6-12-11(3)9-13;1-2/h4-5,10-12H,6-9H2,1-3H3;1-2H3/b5-4+;/t11-;/m0./s1. The molecule has 0 aromatic carbocycles. The van der Waals surface area contributed by atoms with Crippen molar-refractivity contribution in [1.29, 1.82) is 0 Å². The van der Waals surface area contributed by atoms with Crippen LogP contribution in [-0.4, -0.2) is 37.1 Å². The van der Waals surface area contributed by atoms with E-state index < -0.39 is 0 Å². The summed E-state index contributed by atoms with van der Waals surface area (Å²) in [5.41, 5.74) is 0. The van der Waals surface area contributed by atoms with Gasteiger partial charge in [-0.15, -0.1) is 0 Å². The fourth-order valence-corrected chi connectivity index (χ4v) is 1.66. The van der Waals surface area contributed by atoms with Crippen LogP contribution in [0.3, 0.4) is 0 Å². The SMILES string of the molecule is CC.CC(C)/C=C/CN1CCN[C@@H](C)C1. The Morgan fingerprint density at radius 2 is 2.07 bits per heavy atom. The van der Waals surface area contributed by atoms with Gasteiger partial charge in [-0.25, -0.2) is 0 Å². The van der Waals surface area contributed by atoms with Gasteiger partial charge in [-0.05, 0) is 12.8 Å². The van der Waals surface area contributed by atoms with Crippen LogP contribution in [0.1, 0.15) is 34.6 Å². The highest BCUT2D eigenvalue weighted by Gasteiger charge is 2.13. The molecule has 1 fully saturated rings. The molecule has 1 aliphatic rings. The Balaban J connectivity index is 0.000000921. The first kappa shape index (κ1) is 14.7. The third kappa shape index (κ3) is 7.57. The lowest BCUT2D eigenvalue weighted by atomic mass is 10.2. The minimum absolute atomic E-state index is 0.654. The van der Waals surface area contributed by atoms with Crippen molar-refractivity contribution in [2.75, 3.05) is 26.2 Å². The topological polar surface area (TPSA) is 15.3 Å². The average Bonchev–Trinajstić information content (AvgIpc) is 2.20. The molecule has 0 bridgehead atoms. The lowest BCUT2D eigenvalue weighted by molar-refractivity contribution is 0.226. The van der Waals surface area contributed by atoms with E-state index in [0.29, 0.717) is 12.0 Å². The van der Waals surface area contributed by atoms with Crippen LogP contribution in [-0.2, 0) is 0 Å². The highest BCUT2D eigenvalue weighted by molar-refractivity contribution is 4.89. The van der Waals surface area contributed by atoms with E-state index in [1.54, 1.807) is 0 Å². The molecule has 0 spiro atoms. The summed E-state index contributed by atoms with van der Waals surface area (Å²) in [5, 5.41) is 3.45. The number of piperazine rings is 1. The van der Waals surface area contributed by atoms with Crippen LogP contribution in [0.4, 0.5) is 0 Å². The number of allylic oxidation sites excluding steroid dienone is 1. The van der Waals surface area contributed by atoms with Crippen molar-refractivity contribution in [1.82, 2.24) is 10.2 Å². The molecule has 0 aromatic rings. The smallest absolute Gasteiger partial charge is 0.0167 e. The summed E-state index contributed by atoms with van der Waals surface area (Å²) in [4.78, 5) is 2.50. The van der Waals surface area contributed by atoms with Crippen LogP contribution in [0.15, 0.2) is 12.2 Å². The van der Waals surface area contributed by atoms with E-state index in [0.717, 1.165) is 13.1 Å². The molecule has 0 saturated carbocycles. The summed E-state index contributed by atoms with van der Waals surface area (Å²) in [7, 11) is 0. The average molecular weight is 212 g/mol. The highest BCUT2D eigenvalue weighted by Crippen LogP contribution is 1.99. The van der Waals surface area contributed by atoms with E-state index >= 15 is 0 Å². The van der Waals surface area contributed by atoms with Gasteiger partial charge in [0.1, 0.15) is 0 Å². The van der Waals surface area contributed by atoms with Crippen molar-refractivity contribution >= 4 is 0 Å². The van der Waals surface area contributed by atoms with Crippen LogP contribution in [0.2, 0.25) is 0 Å². The maximum atomic E-state index is 3.45. The minimum atomic E-state index is 0.654. The Morgan fingerprint density at radius 1 is 1.40 bits per heavy atom. The van der Waals surface area contributed by atoms with Crippen LogP contribution in [0, 0.1) is 5.92 Å². The fourth-order valence-electron chi connectivity index (χ4n) is 1.66. The molecule has 2 heteroatoms. The molecule has 1 atom stereocenters. The molecule has 0 aromatic heterocycles. The Kier molecular flexibility index (Phi) is 8.73. The zero-order valence-electron chi connectivity index (χ0n) is 11.1. The van der Waals surface area contributed by atoms with E-state index in [2.05, 4.69) is 43.1 Å². The predicted molar refractivity (Wildman–Crippen MR) is 69.2 cm³/mol. The number of hydrogen-bond donors (Lipinski definition) is 1. The summed E-state index contributed by atoms with van der Waals surface area (Å²) < 4.78 is 0. The van der Waals surface area contributed by atoms with Gasteiger partial charge in [0.05, 0.1) is 0 Å². The molecular weight excluding hydrogens is 184 g/mol. The highest BCUT2D eigenvalue weighted by atomic mass is 15.2. The van der Waals surface area contributed by atoms with E-state index in [1.807, 2.05) is 13.8 Å². The van der Waals surface area contributed by atoms with Gasteiger partial charge >= 0.3 is 0 Å². The molecule has 1 rings (SSSR count). The molecule has 0 aliphatic carbocycles. The molecule has 1 saturated heterocycles. The van der Waals surface area contributed by atoms with Gasteiger partial charge < -0.3 is 5.32 Å². The summed E-state index contributed by atoms with van der Waals surface area (Å²) in [5.74, 6) is 0.681.